The Bertz CT molecular complexity index is 590. The van der Waals surface area contributed by atoms with E-state index in [0.29, 0.717) is 24.0 Å². The summed E-state index contributed by atoms with van der Waals surface area (Å²) in [6.07, 6.45) is 2.96. The summed E-state index contributed by atoms with van der Waals surface area (Å²) < 4.78 is 26.9. The number of halogens is 1. The molecule has 1 saturated heterocycles. The molecule has 21 heavy (non-hydrogen) atoms. The van der Waals surface area contributed by atoms with Gasteiger partial charge in [0.05, 0.1) is 5.02 Å². The number of hydrogen-bond donors (Lipinski definition) is 0. The van der Waals surface area contributed by atoms with Crippen molar-refractivity contribution < 1.29 is 8.42 Å². The molecule has 0 aromatic heterocycles. The molecular formula is C16H24ClNO2S. The van der Waals surface area contributed by atoms with Gasteiger partial charge in [-0.05, 0) is 36.3 Å². The number of benzene rings is 1. The van der Waals surface area contributed by atoms with Crippen LogP contribution in [0.1, 0.15) is 40.0 Å². The average Bonchev–Trinajstić information content (AvgIpc) is 2.47. The molecule has 0 atom stereocenters. The predicted octanol–water partition coefficient (Wildman–Crippen LogP) is 4.18. The predicted molar refractivity (Wildman–Crippen MR) is 87.0 cm³/mol. The van der Waals surface area contributed by atoms with Gasteiger partial charge in [-0.3, -0.25) is 0 Å². The van der Waals surface area contributed by atoms with Crippen molar-refractivity contribution in [2.75, 3.05) is 13.1 Å². The molecule has 1 aromatic rings. The first-order chi connectivity index (χ1) is 9.79. The van der Waals surface area contributed by atoms with Crippen LogP contribution in [0.5, 0.6) is 0 Å². The first-order valence-corrected chi connectivity index (χ1v) is 9.35. The molecule has 118 valence electrons. The van der Waals surface area contributed by atoms with E-state index in [0.717, 1.165) is 19.3 Å². The van der Waals surface area contributed by atoms with Gasteiger partial charge in [0, 0.05) is 13.1 Å². The third-order valence-electron chi connectivity index (χ3n) is 4.92. The lowest BCUT2D eigenvalue weighted by atomic mass is 9.72. The van der Waals surface area contributed by atoms with Gasteiger partial charge < -0.3 is 0 Å². The van der Waals surface area contributed by atoms with E-state index in [4.69, 9.17) is 11.6 Å². The molecule has 0 amide bonds. The Morgan fingerprint density at radius 1 is 1.24 bits per heavy atom. The molecule has 0 unspecified atom stereocenters. The van der Waals surface area contributed by atoms with Crippen LogP contribution in [0.2, 0.25) is 5.02 Å². The maximum absolute atomic E-state index is 12.7. The van der Waals surface area contributed by atoms with Gasteiger partial charge in [-0.2, -0.15) is 4.31 Å². The lowest BCUT2D eigenvalue weighted by Gasteiger charge is -2.39. The van der Waals surface area contributed by atoms with Gasteiger partial charge in [-0.15, -0.1) is 0 Å². The molecule has 1 aliphatic heterocycles. The van der Waals surface area contributed by atoms with Crippen molar-refractivity contribution >= 4 is 21.6 Å². The first-order valence-electron chi connectivity index (χ1n) is 7.53. The van der Waals surface area contributed by atoms with Crippen LogP contribution in [0.15, 0.2) is 29.2 Å². The normalized spacial score (nSPS) is 18.9. The monoisotopic (exact) mass is 329 g/mol. The molecule has 3 nitrogen and oxygen atoms in total. The Morgan fingerprint density at radius 3 is 2.33 bits per heavy atom. The molecule has 5 heteroatoms. The second-order valence-corrected chi connectivity index (χ2v) is 8.76. The smallest absolute Gasteiger partial charge is 0.207 e. The minimum absolute atomic E-state index is 0.222. The van der Waals surface area contributed by atoms with Gasteiger partial charge in [0.15, 0.2) is 0 Å². The van der Waals surface area contributed by atoms with Crippen LogP contribution >= 0.6 is 11.6 Å². The number of hydrogen-bond acceptors (Lipinski definition) is 2. The van der Waals surface area contributed by atoms with Crippen LogP contribution in [0.3, 0.4) is 0 Å². The fourth-order valence-electron chi connectivity index (χ4n) is 2.96. The van der Waals surface area contributed by atoms with E-state index in [9.17, 15) is 8.42 Å². The summed E-state index contributed by atoms with van der Waals surface area (Å²) in [7, 11) is -3.47. The fraction of sp³-hybridized carbons (Fsp3) is 0.625. The third kappa shape index (κ3) is 3.43. The van der Waals surface area contributed by atoms with Gasteiger partial charge in [0.1, 0.15) is 4.90 Å². The molecule has 0 spiro atoms. The summed E-state index contributed by atoms with van der Waals surface area (Å²) in [5.41, 5.74) is 0.278. The van der Waals surface area contributed by atoms with Gasteiger partial charge in [0.25, 0.3) is 0 Å². The van der Waals surface area contributed by atoms with Crippen LogP contribution in [0, 0.1) is 11.3 Å². The maximum atomic E-state index is 12.7. The number of piperidine rings is 1. The maximum Gasteiger partial charge on any atom is 0.244 e. The second kappa shape index (κ2) is 6.27. The third-order valence-corrected chi connectivity index (χ3v) is 7.32. The van der Waals surface area contributed by atoms with E-state index in [1.165, 1.54) is 0 Å². The SMILES string of the molecule is CCC(C)(C)C1CCN(S(=O)(=O)c2ccccc2Cl)CC1. The minimum Gasteiger partial charge on any atom is -0.207 e. The van der Waals surface area contributed by atoms with E-state index in [1.807, 2.05) is 0 Å². The van der Waals surface area contributed by atoms with Gasteiger partial charge in [-0.1, -0.05) is 50.9 Å². The minimum atomic E-state index is -3.47. The summed E-state index contributed by atoms with van der Waals surface area (Å²) in [6.45, 7) is 7.92. The molecule has 0 radical (unpaired) electrons. The van der Waals surface area contributed by atoms with Crippen LogP contribution in [-0.2, 0) is 10.0 Å². The average molecular weight is 330 g/mol. The van der Waals surface area contributed by atoms with Crippen molar-refractivity contribution in [2.24, 2.45) is 11.3 Å². The second-order valence-electron chi connectivity index (χ2n) is 6.45. The number of rotatable bonds is 4. The topological polar surface area (TPSA) is 37.4 Å². The van der Waals surface area contributed by atoms with E-state index in [2.05, 4.69) is 20.8 Å². The van der Waals surface area contributed by atoms with Crippen molar-refractivity contribution in [3.63, 3.8) is 0 Å². The quantitative estimate of drug-likeness (QED) is 0.831. The molecular weight excluding hydrogens is 306 g/mol. The summed E-state index contributed by atoms with van der Waals surface area (Å²) in [5.74, 6) is 0.584. The lowest BCUT2D eigenvalue weighted by molar-refractivity contribution is 0.132. The highest BCUT2D eigenvalue weighted by Gasteiger charge is 2.35. The zero-order valence-electron chi connectivity index (χ0n) is 13.0. The summed E-state index contributed by atoms with van der Waals surface area (Å²) in [6, 6.07) is 6.67. The van der Waals surface area contributed by atoms with Crippen molar-refractivity contribution in [3.8, 4) is 0 Å². The Hall–Kier alpha value is -0.580. The van der Waals surface area contributed by atoms with E-state index in [-0.39, 0.29) is 10.3 Å². The molecule has 0 bridgehead atoms. The molecule has 1 heterocycles. The van der Waals surface area contributed by atoms with Crippen LogP contribution < -0.4 is 0 Å². The number of nitrogens with zero attached hydrogens (tertiary/aromatic N) is 1. The van der Waals surface area contributed by atoms with Crippen molar-refractivity contribution in [2.45, 2.75) is 44.9 Å². The Kier molecular flexibility index (Phi) is 5.01. The largest absolute Gasteiger partial charge is 0.244 e. The van der Waals surface area contributed by atoms with Crippen molar-refractivity contribution in [1.29, 1.82) is 0 Å². The highest BCUT2D eigenvalue weighted by atomic mass is 35.5. The highest BCUT2D eigenvalue weighted by Crippen LogP contribution is 2.38. The first kappa shape index (κ1) is 16.8. The van der Waals surface area contributed by atoms with E-state index >= 15 is 0 Å². The molecule has 1 aliphatic rings. The van der Waals surface area contributed by atoms with Gasteiger partial charge in [-0.25, -0.2) is 8.42 Å². The summed E-state index contributed by atoms with van der Waals surface area (Å²) in [4.78, 5) is 0.222. The zero-order valence-corrected chi connectivity index (χ0v) is 14.5. The Labute approximate surface area is 133 Å². The summed E-state index contributed by atoms with van der Waals surface area (Å²) in [5, 5.41) is 0.300. The molecule has 0 N–H and O–H groups in total. The molecule has 0 aliphatic carbocycles. The molecule has 0 saturated carbocycles. The van der Waals surface area contributed by atoms with E-state index < -0.39 is 10.0 Å². The van der Waals surface area contributed by atoms with Crippen LogP contribution in [0.4, 0.5) is 0 Å². The number of sulfonamides is 1. The van der Waals surface area contributed by atoms with Gasteiger partial charge >= 0.3 is 0 Å². The lowest BCUT2D eigenvalue weighted by Crippen LogP contribution is -2.41. The van der Waals surface area contributed by atoms with Crippen LogP contribution in [-0.4, -0.2) is 25.8 Å². The summed E-state index contributed by atoms with van der Waals surface area (Å²) >= 11 is 6.05. The molecule has 2 rings (SSSR count). The molecule has 1 aromatic carbocycles. The Morgan fingerprint density at radius 2 is 1.81 bits per heavy atom. The van der Waals surface area contributed by atoms with Crippen molar-refractivity contribution in [1.82, 2.24) is 4.31 Å². The Balaban J connectivity index is 2.14. The molecule has 1 fully saturated rings. The standard InChI is InChI=1S/C16H24ClNO2S/c1-4-16(2,3)13-9-11-18(12-10-13)21(19,20)15-8-6-5-7-14(15)17/h5-8,13H,4,9-12H2,1-3H3. The van der Waals surface area contributed by atoms with Crippen LogP contribution in [0.25, 0.3) is 0 Å². The van der Waals surface area contributed by atoms with Crippen molar-refractivity contribution in [3.05, 3.63) is 29.3 Å². The highest BCUT2D eigenvalue weighted by molar-refractivity contribution is 7.89. The van der Waals surface area contributed by atoms with Gasteiger partial charge in [0.2, 0.25) is 10.0 Å². The zero-order chi connectivity index (χ0) is 15.7. The van der Waals surface area contributed by atoms with E-state index in [1.54, 1.807) is 28.6 Å². The fourth-order valence-corrected chi connectivity index (χ4v) is 4.92.